The van der Waals surface area contributed by atoms with Gasteiger partial charge in [0.2, 0.25) is 5.91 Å². The van der Waals surface area contributed by atoms with Crippen molar-refractivity contribution >= 4 is 12.0 Å². The molecule has 4 aromatic rings. The van der Waals surface area contributed by atoms with Crippen LogP contribution in [0.4, 0.5) is 0 Å². The van der Waals surface area contributed by atoms with E-state index in [0.717, 1.165) is 42.8 Å². The first-order chi connectivity index (χ1) is 19.2. The number of hydrogen-bond acceptors (Lipinski definition) is 3. The van der Waals surface area contributed by atoms with Crippen molar-refractivity contribution in [1.82, 2.24) is 9.80 Å². The van der Waals surface area contributed by atoms with Crippen LogP contribution in [0.5, 0.6) is 5.75 Å². The molecule has 4 aromatic carbocycles. The Morgan fingerprint density at radius 3 is 2.08 bits per heavy atom. The number of benzene rings is 4. The minimum atomic E-state index is 0.00237. The normalized spacial score (nSPS) is 11.1. The minimum Gasteiger partial charge on any atom is -0.494 e. The van der Waals surface area contributed by atoms with Crippen LogP contribution in [-0.4, -0.2) is 42.5 Å². The molecule has 4 nitrogen and oxygen atoms in total. The van der Waals surface area contributed by atoms with E-state index >= 15 is 0 Å². The highest BCUT2D eigenvalue weighted by molar-refractivity contribution is 5.91. The van der Waals surface area contributed by atoms with Crippen LogP contribution in [0.25, 0.3) is 6.08 Å². The van der Waals surface area contributed by atoms with Gasteiger partial charge in [0.05, 0.1) is 6.61 Å². The Labute approximate surface area is 233 Å². The van der Waals surface area contributed by atoms with E-state index in [-0.39, 0.29) is 5.91 Å². The van der Waals surface area contributed by atoms with Crippen molar-refractivity contribution in [3.63, 3.8) is 0 Å². The lowest BCUT2D eigenvalue weighted by Crippen LogP contribution is -2.31. The zero-order chi connectivity index (χ0) is 27.1. The third kappa shape index (κ3) is 9.91. The molecule has 0 bridgehead atoms. The molecule has 200 valence electrons. The van der Waals surface area contributed by atoms with Crippen LogP contribution < -0.4 is 4.74 Å². The lowest BCUT2D eigenvalue weighted by atomic mass is 10.1. The average molecular weight is 519 g/mol. The summed E-state index contributed by atoms with van der Waals surface area (Å²) in [7, 11) is 2.14. The molecule has 0 heterocycles. The number of carbonyl (C=O) groups is 1. The Morgan fingerprint density at radius 2 is 1.36 bits per heavy atom. The summed E-state index contributed by atoms with van der Waals surface area (Å²) in [5.41, 5.74) is 4.61. The lowest BCUT2D eigenvalue weighted by Gasteiger charge is -2.22. The quantitative estimate of drug-likeness (QED) is 0.135. The van der Waals surface area contributed by atoms with Crippen molar-refractivity contribution in [3.05, 3.63) is 144 Å². The SMILES string of the molecule is CN(CCCOc1cccc(CN(CCc2ccccc2)C(=O)C=Cc2ccccc2)c1)Cc1ccccc1. The first-order valence-corrected chi connectivity index (χ1v) is 13.7. The van der Waals surface area contributed by atoms with Gasteiger partial charge in [0.25, 0.3) is 0 Å². The first kappa shape index (κ1) is 27.9. The minimum absolute atomic E-state index is 0.00237. The van der Waals surface area contributed by atoms with Gasteiger partial charge < -0.3 is 14.5 Å². The summed E-state index contributed by atoms with van der Waals surface area (Å²) in [6.07, 6.45) is 5.30. The van der Waals surface area contributed by atoms with Crippen LogP contribution in [0.2, 0.25) is 0 Å². The molecule has 1 amide bonds. The molecule has 0 spiro atoms. The molecular formula is C35H38N2O2. The molecule has 0 aliphatic carbocycles. The van der Waals surface area contributed by atoms with E-state index in [4.69, 9.17) is 4.74 Å². The molecule has 0 radical (unpaired) electrons. The molecule has 0 aliphatic heterocycles. The second kappa shape index (κ2) is 15.3. The van der Waals surface area contributed by atoms with Gasteiger partial charge in [-0.1, -0.05) is 103 Å². The van der Waals surface area contributed by atoms with Crippen molar-refractivity contribution in [1.29, 1.82) is 0 Å². The average Bonchev–Trinajstić information content (AvgIpc) is 2.98. The van der Waals surface area contributed by atoms with Gasteiger partial charge in [-0.25, -0.2) is 0 Å². The molecule has 0 saturated heterocycles. The zero-order valence-corrected chi connectivity index (χ0v) is 22.8. The molecule has 0 atom stereocenters. The molecule has 0 aromatic heterocycles. The van der Waals surface area contributed by atoms with Gasteiger partial charge in [0.15, 0.2) is 0 Å². The summed E-state index contributed by atoms with van der Waals surface area (Å²) in [6, 6.07) is 38.9. The molecule has 0 N–H and O–H groups in total. The van der Waals surface area contributed by atoms with Crippen LogP contribution in [0.1, 0.15) is 28.7 Å². The second-order valence-electron chi connectivity index (χ2n) is 9.81. The highest BCUT2D eigenvalue weighted by atomic mass is 16.5. The summed E-state index contributed by atoms with van der Waals surface area (Å²) in [4.78, 5) is 17.5. The Balaban J connectivity index is 1.32. The van der Waals surface area contributed by atoms with E-state index in [2.05, 4.69) is 60.5 Å². The number of hydrogen-bond donors (Lipinski definition) is 0. The molecule has 0 fully saturated rings. The molecule has 39 heavy (non-hydrogen) atoms. The van der Waals surface area contributed by atoms with Crippen LogP contribution >= 0.6 is 0 Å². The van der Waals surface area contributed by atoms with Gasteiger partial charge in [-0.3, -0.25) is 4.79 Å². The number of ether oxygens (including phenoxy) is 1. The summed E-state index contributed by atoms with van der Waals surface area (Å²) < 4.78 is 6.08. The van der Waals surface area contributed by atoms with E-state index in [1.807, 2.05) is 77.7 Å². The largest absolute Gasteiger partial charge is 0.494 e. The van der Waals surface area contributed by atoms with E-state index in [0.29, 0.717) is 19.7 Å². The lowest BCUT2D eigenvalue weighted by molar-refractivity contribution is -0.126. The van der Waals surface area contributed by atoms with Gasteiger partial charge >= 0.3 is 0 Å². The van der Waals surface area contributed by atoms with E-state index in [9.17, 15) is 4.79 Å². The Morgan fingerprint density at radius 1 is 0.718 bits per heavy atom. The summed E-state index contributed by atoms with van der Waals surface area (Å²) in [6.45, 7) is 3.72. The zero-order valence-electron chi connectivity index (χ0n) is 22.8. The molecule has 0 unspecified atom stereocenters. The first-order valence-electron chi connectivity index (χ1n) is 13.7. The smallest absolute Gasteiger partial charge is 0.246 e. The summed E-state index contributed by atoms with van der Waals surface area (Å²) in [5.74, 6) is 0.844. The van der Waals surface area contributed by atoms with Gasteiger partial charge in [-0.15, -0.1) is 0 Å². The number of carbonyl (C=O) groups excluding carboxylic acids is 1. The fraction of sp³-hybridized carbons (Fsp3) is 0.229. The topological polar surface area (TPSA) is 32.8 Å². The number of rotatable bonds is 14. The third-order valence-corrected chi connectivity index (χ3v) is 6.56. The van der Waals surface area contributed by atoms with Crippen LogP contribution in [0.3, 0.4) is 0 Å². The van der Waals surface area contributed by atoms with E-state index in [1.165, 1.54) is 11.1 Å². The maximum absolute atomic E-state index is 13.2. The fourth-order valence-electron chi connectivity index (χ4n) is 4.47. The summed E-state index contributed by atoms with van der Waals surface area (Å²) >= 11 is 0. The number of amides is 1. The van der Waals surface area contributed by atoms with Gasteiger partial charge in [0, 0.05) is 32.3 Å². The number of nitrogens with zero attached hydrogens (tertiary/aromatic N) is 2. The maximum Gasteiger partial charge on any atom is 0.246 e. The van der Waals surface area contributed by atoms with Crippen LogP contribution in [0.15, 0.2) is 121 Å². The van der Waals surface area contributed by atoms with Crippen molar-refractivity contribution in [2.45, 2.75) is 25.9 Å². The van der Waals surface area contributed by atoms with Crippen molar-refractivity contribution < 1.29 is 9.53 Å². The van der Waals surface area contributed by atoms with E-state index in [1.54, 1.807) is 6.08 Å². The maximum atomic E-state index is 13.2. The Hall–Kier alpha value is -4.15. The van der Waals surface area contributed by atoms with Gasteiger partial charge in [0.1, 0.15) is 5.75 Å². The molecule has 0 saturated carbocycles. The monoisotopic (exact) mass is 518 g/mol. The fourth-order valence-corrected chi connectivity index (χ4v) is 4.47. The predicted molar refractivity (Wildman–Crippen MR) is 160 cm³/mol. The van der Waals surface area contributed by atoms with Gasteiger partial charge in [-0.05, 0) is 60.4 Å². The third-order valence-electron chi connectivity index (χ3n) is 6.56. The second-order valence-corrected chi connectivity index (χ2v) is 9.81. The van der Waals surface area contributed by atoms with Crippen molar-refractivity contribution in [2.24, 2.45) is 0 Å². The summed E-state index contributed by atoms with van der Waals surface area (Å²) in [5, 5.41) is 0. The van der Waals surface area contributed by atoms with Gasteiger partial charge in [-0.2, -0.15) is 0 Å². The Bertz CT molecular complexity index is 1290. The van der Waals surface area contributed by atoms with Crippen LogP contribution in [-0.2, 0) is 24.3 Å². The molecule has 4 rings (SSSR count). The van der Waals surface area contributed by atoms with Crippen molar-refractivity contribution in [2.75, 3.05) is 26.7 Å². The molecular weight excluding hydrogens is 480 g/mol. The highest BCUT2D eigenvalue weighted by Gasteiger charge is 2.12. The standard InChI is InChI=1S/C35H38N2O2/c1-36(28-32-17-9-4-10-18-32)24-12-26-39-34-20-11-19-33(27-34)29-37(25-23-31-15-7-3-8-16-31)35(38)22-21-30-13-5-2-6-14-30/h2-11,13-22,27H,12,23-26,28-29H2,1H3. The molecule has 0 aliphatic rings. The van der Waals surface area contributed by atoms with Crippen LogP contribution in [0, 0.1) is 0 Å². The van der Waals surface area contributed by atoms with Crippen molar-refractivity contribution in [3.8, 4) is 5.75 Å². The van der Waals surface area contributed by atoms with E-state index < -0.39 is 0 Å². The highest BCUT2D eigenvalue weighted by Crippen LogP contribution is 2.17. The Kier molecular flexibility index (Phi) is 10.9. The predicted octanol–water partition coefficient (Wildman–Crippen LogP) is 6.87. The molecule has 4 heteroatoms.